The third-order valence-corrected chi connectivity index (χ3v) is 1.48. The summed E-state index contributed by atoms with van der Waals surface area (Å²) in [6.07, 6.45) is 2.85. The smallest absolute Gasteiger partial charge is 0.330 e. The third kappa shape index (κ3) is 5.62. The zero-order valence-corrected chi connectivity index (χ0v) is 9.16. The lowest BCUT2D eigenvalue weighted by molar-refractivity contribution is -0.134. The van der Waals surface area contributed by atoms with Crippen LogP contribution in [0.25, 0.3) is 6.08 Å². The molecule has 2 nitrogen and oxygen atoms in total. The van der Waals surface area contributed by atoms with Crippen molar-refractivity contribution in [1.82, 2.24) is 0 Å². The third-order valence-electron chi connectivity index (χ3n) is 1.48. The number of halogens is 1. The van der Waals surface area contributed by atoms with Gasteiger partial charge in [-0.2, -0.15) is 0 Å². The molecule has 1 aromatic rings. The molecular formula is C12H15FO2. The summed E-state index contributed by atoms with van der Waals surface area (Å²) in [4.78, 5) is 10.7. The van der Waals surface area contributed by atoms with Crippen LogP contribution in [0.4, 0.5) is 4.39 Å². The fraction of sp³-hybridized carbons (Fsp3) is 0.250. The molecule has 15 heavy (non-hydrogen) atoms. The summed E-state index contributed by atoms with van der Waals surface area (Å²) < 4.78 is 16.8. The van der Waals surface area contributed by atoms with E-state index in [1.165, 1.54) is 25.3 Å². The van der Waals surface area contributed by atoms with Gasteiger partial charge >= 0.3 is 5.97 Å². The van der Waals surface area contributed by atoms with Crippen molar-refractivity contribution in [2.24, 2.45) is 0 Å². The Labute approximate surface area is 89.4 Å². The topological polar surface area (TPSA) is 26.3 Å². The lowest BCUT2D eigenvalue weighted by Gasteiger charge is -1.92. The molecule has 0 bridgehead atoms. The number of methoxy groups -OCH3 is 1. The average molecular weight is 210 g/mol. The Morgan fingerprint density at radius 1 is 1.27 bits per heavy atom. The summed E-state index contributed by atoms with van der Waals surface area (Å²) >= 11 is 0. The molecule has 0 aliphatic rings. The normalized spacial score (nSPS) is 9.33. The zero-order valence-electron chi connectivity index (χ0n) is 9.16. The van der Waals surface area contributed by atoms with Crippen molar-refractivity contribution in [1.29, 1.82) is 0 Å². The van der Waals surface area contributed by atoms with E-state index in [-0.39, 0.29) is 5.82 Å². The summed E-state index contributed by atoms with van der Waals surface area (Å²) in [6.45, 7) is 4.00. The average Bonchev–Trinajstić information content (AvgIpc) is 2.30. The van der Waals surface area contributed by atoms with E-state index in [0.29, 0.717) is 0 Å². The molecule has 0 unspecified atom stereocenters. The lowest BCUT2D eigenvalue weighted by Crippen LogP contribution is -1.93. The van der Waals surface area contributed by atoms with Crippen LogP contribution in [0.15, 0.2) is 30.3 Å². The fourth-order valence-electron chi connectivity index (χ4n) is 0.806. The minimum absolute atomic E-state index is 0.296. The van der Waals surface area contributed by atoms with Crippen molar-refractivity contribution in [3.8, 4) is 0 Å². The summed E-state index contributed by atoms with van der Waals surface area (Å²) in [7, 11) is 1.30. The number of benzene rings is 1. The first-order chi connectivity index (χ1) is 7.22. The molecule has 0 radical (unpaired) electrons. The van der Waals surface area contributed by atoms with Crippen molar-refractivity contribution in [3.63, 3.8) is 0 Å². The molecule has 0 saturated carbocycles. The Balaban J connectivity index is 0.000000921. The molecule has 0 aliphatic carbocycles. The number of ether oxygens (including phenoxy) is 1. The van der Waals surface area contributed by atoms with Gasteiger partial charge in [0.05, 0.1) is 7.11 Å². The van der Waals surface area contributed by atoms with Crippen LogP contribution in [0.1, 0.15) is 19.4 Å². The van der Waals surface area contributed by atoms with Crippen molar-refractivity contribution >= 4 is 12.0 Å². The van der Waals surface area contributed by atoms with Gasteiger partial charge in [0.25, 0.3) is 0 Å². The number of carbonyl (C=O) groups is 1. The minimum Gasteiger partial charge on any atom is -0.466 e. The van der Waals surface area contributed by atoms with Crippen LogP contribution < -0.4 is 0 Å². The maximum Gasteiger partial charge on any atom is 0.330 e. The molecule has 0 atom stereocenters. The Kier molecular flexibility index (Phi) is 6.89. The van der Waals surface area contributed by atoms with Crippen molar-refractivity contribution in [3.05, 3.63) is 41.7 Å². The van der Waals surface area contributed by atoms with Crippen LogP contribution in [0, 0.1) is 5.82 Å². The summed E-state index contributed by atoms with van der Waals surface area (Å²) in [6, 6.07) is 5.82. The molecule has 0 heterocycles. The molecule has 0 N–H and O–H groups in total. The first kappa shape index (κ1) is 13.4. The van der Waals surface area contributed by atoms with Crippen molar-refractivity contribution in [2.45, 2.75) is 13.8 Å². The fourth-order valence-corrected chi connectivity index (χ4v) is 0.806. The largest absolute Gasteiger partial charge is 0.466 e. The van der Waals surface area contributed by atoms with Gasteiger partial charge in [0.1, 0.15) is 5.82 Å². The molecule has 0 fully saturated rings. The molecule has 0 spiro atoms. The van der Waals surface area contributed by atoms with E-state index >= 15 is 0 Å². The number of rotatable bonds is 2. The molecule has 82 valence electrons. The quantitative estimate of drug-likeness (QED) is 0.554. The Bertz CT molecular complexity index is 315. The number of carbonyl (C=O) groups excluding carboxylic acids is 1. The zero-order chi connectivity index (χ0) is 11.7. The van der Waals surface area contributed by atoms with Gasteiger partial charge in [0, 0.05) is 6.08 Å². The second-order valence-electron chi connectivity index (χ2n) is 2.41. The van der Waals surface area contributed by atoms with Gasteiger partial charge in [-0.1, -0.05) is 26.0 Å². The van der Waals surface area contributed by atoms with Crippen LogP contribution in [-0.4, -0.2) is 13.1 Å². The predicted molar refractivity (Wildman–Crippen MR) is 58.8 cm³/mol. The van der Waals surface area contributed by atoms with Crippen LogP contribution in [0.2, 0.25) is 0 Å². The van der Waals surface area contributed by atoms with Crippen molar-refractivity contribution in [2.75, 3.05) is 7.11 Å². The van der Waals surface area contributed by atoms with Crippen LogP contribution in [0.5, 0.6) is 0 Å². The molecule has 0 aromatic heterocycles. The van der Waals surface area contributed by atoms with Gasteiger partial charge in [-0.25, -0.2) is 9.18 Å². The van der Waals surface area contributed by atoms with Gasteiger partial charge in [0.15, 0.2) is 0 Å². The molecule has 1 aromatic carbocycles. The summed E-state index contributed by atoms with van der Waals surface area (Å²) in [5, 5.41) is 0. The highest BCUT2D eigenvalue weighted by atomic mass is 19.1. The van der Waals surface area contributed by atoms with E-state index in [0.717, 1.165) is 5.56 Å². The molecule has 0 amide bonds. The van der Waals surface area contributed by atoms with Crippen LogP contribution in [-0.2, 0) is 9.53 Å². The highest BCUT2D eigenvalue weighted by molar-refractivity contribution is 5.86. The standard InChI is InChI=1S/C10H9FO2.C2H6/c1-13-10(12)7-4-8-2-5-9(11)6-3-8;1-2/h2-7H,1H3;1-2H3/b7-4+;. The van der Waals surface area contributed by atoms with Crippen LogP contribution >= 0.6 is 0 Å². The Morgan fingerprint density at radius 2 is 1.80 bits per heavy atom. The van der Waals surface area contributed by atoms with Gasteiger partial charge in [-0.3, -0.25) is 0 Å². The van der Waals surface area contributed by atoms with Gasteiger partial charge in [0.2, 0.25) is 0 Å². The minimum atomic E-state index is -0.427. The Hall–Kier alpha value is -1.64. The lowest BCUT2D eigenvalue weighted by atomic mass is 10.2. The summed E-state index contributed by atoms with van der Waals surface area (Å²) in [5.41, 5.74) is 0.756. The van der Waals surface area contributed by atoms with E-state index in [9.17, 15) is 9.18 Å². The van der Waals surface area contributed by atoms with Crippen LogP contribution in [0.3, 0.4) is 0 Å². The Morgan fingerprint density at radius 3 is 2.27 bits per heavy atom. The first-order valence-corrected chi connectivity index (χ1v) is 4.74. The highest BCUT2D eigenvalue weighted by Gasteiger charge is 1.92. The van der Waals surface area contributed by atoms with Gasteiger partial charge < -0.3 is 4.74 Å². The van der Waals surface area contributed by atoms with E-state index in [1.54, 1.807) is 18.2 Å². The highest BCUT2D eigenvalue weighted by Crippen LogP contribution is 2.04. The van der Waals surface area contributed by atoms with Gasteiger partial charge in [-0.05, 0) is 23.8 Å². The summed E-state index contributed by atoms with van der Waals surface area (Å²) in [5.74, 6) is -0.723. The van der Waals surface area contributed by atoms with E-state index in [2.05, 4.69) is 4.74 Å². The van der Waals surface area contributed by atoms with E-state index in [4.69, 9.17) is 0 Å². The molecule has 1 rings (SSSR count). The van der Waals surface area contributed by atoms with Gasteiger partial charge in [-0.15, -0.1) is 0 Å². The number of hydrogen-bond donors (Lipinski definition) is 0. The maximum atomic E-state index is 12.4. The monoisotopic (exact) mass is 210 g/mol. The molecule has 3 heteroatoms. The van der Waals surface area contributed by atoms with E-state index < -0.39 is 5.97 Å². The first-order valence-electron chi connectivity index (χ1n) is 4.74. The number of hydrogen-bond acceptors (Lipinski definition) is 2. The van der Waals surface area contributed by atoms with Crippen molar-refractivity contribution < 1.29 is 13.9 Å². The number of esters is 1. The second-order valence-corrected chi connectivity index (χ2v) is 2.41. The predicted octanol–water partition coefficient (Wildman–Crippen LogP) is 3.04. The molecule has 0 aliphatic heterocycles. The molecular weight excluding hydrogens is 195 g/mol. The maximum absolute atomic E-state index is 12.4. The SMILES string of the molecule is CC.COC(=O)/C=C/c1ccc(F)cc1. The second kappa shape index (κ2) is 7.74. The molecule has 0 saturated heterocycles. The van der Waals surface area contributed by atoms with E-state index in [1.807, 2.05) is 13.8 Å².